The minimum Gasteiger partial charge on any atom is -0.507 e. The van der Waals surface area contributed by atoms with Gasteiger partial charge in [0.2, 0.25) is 0 Å². The maximum atomic E-state index is 10.5. The average Bonchev–Trinajstić information content (AvgIpc) is 2.70. The zero-order valence-corrected chi connectivity index (χ0v) is 18.9. The summed E-state index contributed by atoms with van der Waals surface area (Å²) < 4.78 is 0.903. The number of aromatic hydroxyl groups is 1. The van der Waals surface area contributed by atoms with Crippen LogP contribution in [-0.2, 0) is 0 Å². The highest BCUT2D eigenvalue weighted by Crippen LogP contribution is 2.33. The third-order valence-electron chi connectivity index (χ3n) is 4.86. The Morgan fingerprint density at radius 3 is 2.31 bits per heavy atom. The predicted molar refractivity (Wildman–Crippen MR) is 122 cm³/mol. The molecule has 0 saturated heterocycles. The number of benzene rings is 3. The van der Waals surface area contributed by atoms with Crippen LogP contribution in [0.25, 0.3) is 5.70 Å². The molecule has 7 heteroatoms. The maximum Gasteiger partial charge on any atom is 0.188 e. The van der Waals surface area contributed by atoms with E-state index in [-0.39, 0.29) is 18.0 Å². The molecule has 0 spiro atoms. The van der Waals surface area contributed by atoms with Crippen molar-refractivity contribution < 1.29 is 10.4 Å². The molecule has 1 heterocycles. The number of hydrogen-bond acceptors (Lipinski definition) is 2. The molecule has 0 aromatic heterocycles. The van der Waals surface area contributed by atoms with Crippen molar-refractivity contribution in [2.75, 3.05) is 0 Å². The molecule has 0 fully saturated rings. The number of nitrogens with one attached hydrogen (secondary N) is 1. The van der Waals surface area contributed by atoms with Gasteiger partial charge in [0, 0.05) is 31.9 Å². The number of quaternary nitrogens is 1. The average molecular weight is 512 g/mol. The molecule has 2 atom stereocenters. The molecule has 4 rings (SSSR count). The molecular formula is C22H17BrCl3N2O+. The van der Waals surface area contributed by atoms with E-state index >= 15 is 0 Å². The van der Waals surface area contributed by atoms with E-state index in [1.54, 1.807) is 12.1 Å². The molecule has 148 valence electrons. The van der Waals surface area contributed by atoms with E-state index in [1.807, 2.05) is 48.5 Å². The molecule has 0 saturated carbocycles. The van der Waals surface area contributed by atoms with Gasteiger partial charge >= 0.3 is 0 Å². The fourth-order valence-electron chi connectivity index (χ4n) is 3.44. The second-order valence-electron chi connectivity index (χ2n) is 6.80. The standard InChI is InChI=1S/C22H16BrCl3N2O/c23-13-3-8-21(29)17(9-13)20-11-19(12-1-4-14(24)5-2-12)27-22(28-20)16-7-6-15(25)10-18(16)26/h1-11,20,22,27-29H/p+1. The highest BCUT2D eigenvalue weighted by molar-refractivity contribution is 9.10. The number of nitrogens with two attached hydrogens (primary N) is 1. The molecule has 3 nitrogen and oxygen atoms in total. The van der Waals surface area contributed by atoms with Gasteiger partial charge in [0.05, 0.1) is 10.6 Å². The van der Waals surface area contributed by atoms with Crippen LogP contribution >= 0.6 is 50.7 Å². The lowest BCUT2D eigenvalue weighted by atomic mass is 9.98. The van der Waals surface area contributed by atoms with Gasteiger partial charge in [-0.1, -0.05) is 62.9 Å². The fraction of sp³-hybridized carbons (Fsp3) is 0.0909. The number of rotatable bonds is 3. The van der Waals surface area contributed by atoms with Crippen molar-refractivity contribution in [2.24, 2.45) is 0 Å². The summed E-state index contributed by atoms with van der Waals surface area (Å²) in [5.41, 5.74) is 3.65. The number of hydrogen-bond donors (Lipinski definition) is 3. The fourth-order valence-corrected chi connectivity index (χ4v) is 4.47. The van der Waals surface area contributed by atoms with Gasteiger partial charge in [-0.05, 0) is 54.1 Å². The van der Waals surface area contributed by atoms with Crippen molar-refractivity contribution in [1.29, 1.82) is 0 Å². The Morgan fingerprint density at radius 2 is 1.59 bits per heavy atom. The van der Waals surface area contributed by atoms with E-state index in [2.05, 4.69) is 32.6 Å². The lowest BCUT2D eigenvalue weighted by Crippen LogP contribution is -2.89. The van der Waals surface area contributed by atoms with Crippen LogP contribution in [0.5, 0.6) is 5.75 Å². The molecule has 29 heavy (non-hydrogen) atoms. The van der Waals surface area contributed by atoms with Gasteiger partial charge in [-0.3, -0.25) is 0 Å². The van der Waals surface area contributed by atoms with E-state index in [9.17, 15) is 5.11 Å². The summed E-state index contributed by atoms with van der Waals surface area (Å²) in [7, 11) is 0. The smallest absolute Gasteiger partial charge is 0.188 e. The van der Waals surface area contributed by atoms with Gasteiger partial charge in [0.15, 0.2) is 6.17 Å². The quantitative estimate of drug-likeness (QED) is 0.400. The van der Waals surface area contributed by atoms with Crippen LogP contribution in [0.3, 0.4) is 0 Å². The van der Waals surface area contributed by atoms with Crippen molar-refractivity contribution in [3.8, 4) is 5.75 Å². The van der Waals surface area contributed by atoms with Crippen molar-refractivity contribution in [3.63, 3.8) is 0 Å². The van der Waals surface area contributed by atoms with Gasteiger partial charge in [0.25, 0.3) is 0 Å². The molecule has 3 aromatic carbocycles. The maximum absolute atomic E-state index is 10.5. The number of phenolic OH excluding ortho intramolecular Hbond substituents is 1. The molecule has 3 aromatic rings. The highest BCUT2D eigenvalue weighted by atomic mass is 79.9. The summed E-state index contributed by atoms with van der Waals surface area (Å²) in [5.74, 6) is 0.240. The monoisotopic (exact) mass is 509 g/mol. The molecule has 0 bridgehead atoms. The minimum atomic E-state index is -0.168. The Morgan fingerprint density at radius 1 is 0.862 bits per heavy atom. The van der Waals surface area contributed by atoms with Crippen LogP contribution in [0.15, 0.2) is 71.2 Å². The first-order valence-electron chi connectivity index (χ1n) is 8.93. The van der Waals surface area contributed by atoms with Crippen LogP contribution in [-0.4, -0.2) is 5.11 Å². The third kappa shape index (κ3) is 4.57. The first-order valence-corrected chi connectivity index (χ1v) is 10.9. The normalized spacial score (nSPS) is 18.8. The van der Waals surface area contributed by atoms with Crippen molar-refractivity contribution in [1.82, 2.24) is 5.32 Å². The summed E-state index contributed by atoms with van der Waals surface area (Å²) in [6, 6.07) is 18.4. The largest absolute Gasteiger partial charge is 0.507 e. The Balaban J connectivity index is 1.79. The van der Waals surface area contributed by atoms with Gasteiger partial charge in [0.1, 0.15) is 11.8 Å². The summed E-state index contributed by atoms with van der Waals surface area (Å²) >= 11 is 22.1. The van der Waals surface area contributed by atoms with Crippen LogP contribution in [0.1, 0.15) is 28.9 Å². The van der Waals surface area contributed by atoms with Gasteiger partial charge in [-0.2, -0.15) is 0 Å². The van der Waals surface area contributed by atoms with E-state index < -0.39 is 0 Å². The zero-order chi connectivity index (χ0) is 20.5. The molecule has 2 unspecified atom stereocenters. The summed E-state index contributed by atoms with van der Waals surface area (Å²) in [4.78, 5) is 0. The first kappa shape index (κ1) is 20.6. The van der Waals surface area contributed by atoms with Crippen LogP contribution in [0.2, 0.25) is 15.1 Å². The molecule has 4 N–H and O–H groups in total. The topological polar surface area (TPSA) is 48.9 Å². The molecule has 0 radical (unpaired) electrons. The van der Waals surface area contributed by atoms with Crippen LogP contribution in [0, 0.1) is 0 Å². The highest BCUT2D eigenvalue weighted by Gasteiger charge is 2.30. The van der Waals surface area contributed by atoms with Gasteiger partial charge in [-0.15, -0.1) is 0 Å². The second kappa shape index (κ2) is 8.58. The van der Waals surface area contributed by atoms with Crippen molar-refractivity contribution >= 4 is 56.4 Å². The molecule has 0 aliphatic carbocycles. The summed E-state index contributed by atoms with van der Waals surface area (Å²) in [6.45, 7) is 0. The molecule has 1 aliphatic rings. The number of halogens is 4. The van der Waals surface area contributed by atoms with Gasteiger partial charge in [-0.25, -0.2) is 0 Å². The lowest BCUT2D eigenvalue weighted by Gasteiger charge is -2.30. The molecule has 1 aliphatic heterocycles. The van der Waals surface area contributed by atoms with E-state index in [0.717, 1.165) is 26.9 Å². The van der Waals surface area contributed by atoms with E-state index in [1.165, 1.54) is 0 Å². The van der Waals surface area contributed by atoms with Crippen molar-refractivity contribution in [3.05, 3.63) is 103 Å². The Labute approximate surface area is 192 Å². The molecular weight excluding hydrogens is 495 g/mol. The first-order chi connectivity index (χ1) is 13.9. The Hall–Kier alpha value is -1.69. The predicted octanol–water partition coefficient (Wildman–Crippen LogP) is 6.06. The van der Waals surface area contributed by atoms with Gasteiger partial charge < -0.3 is 15.7 Å². The Bertz CT molecular complexity index is 1090. The minimum absolute atomic E-state index is 0.129. The second-order valence-corrected chi connectivity index (χ2v) is 8.99. The third-order valence-corrected chi connectivity index (χ3v) is 6.17. The SMILES string of the molecule is Oc1ccc(Br)cc1C1C=C(c2ccc(Cl)cc2)NC(c2ccc(Cl)cc2Cl)[NH2+]1. The summed E-state index contributed by atoms with van der Waals surface area (Å²) in [6.07, 6.45) is 1.92. The van der Waals surface area contributed by atoms with E-state index in [4.69, 9.17) is 34.8 Å². The Kier molecular flexibility index (Phi) is 6.09. The lowest BCUT2D eigenvalue weighted by molar-refractivity contribution is -0.731. The summed E-state index contributed by atoms with van der Waals surface area (Å²) in [5, 5.41) is 18.0. The molecule has 0 amide bonds. The zero-order valence-electron chi connectivity index (χ0n) is 15.0. The van der Waals surface area contributed by atoms with Crippen LogP contribution in [0.4, 0.5) is 0 Å². The van der Waals surface area contributed by atoms with Crippen LogP contribution < -0.4 is 10.6 Å². The van der Waals surface area contributed by atoms with E-state index in [0.29, 0.717) is 15.1 Å². The van der Waals surface area contributed by atoms with Crippen molar-refractivity contribution in [2.45, 2.75) is 12.2 Å². The number of phenols is 1.